The Morgan fingerprint density at radius 2 is 1.84 bits per heavy atom. The Morgan fingerprint density at radius 1 is 1.05 bits per heavy atom. The van der Waals surface area contributed by atoms with Crippen LogP contribution in [0.1, 0.15) is 31.7 Å². The van der Waals surface area contributed by atoms with Crippen LogP contribution in [0, 0.1) is 11.8 Å². The summed E-state index contributed by atoms with van der Waals surface area (Å²) in [5, 5.41) is 7.67. The topological polar surface area (TPSA) is 87.5 Å². The molecule has 0 saturated heterocycles. The predicted octanol–water partition coefficient (Wildman–Crippen LogP) is 5.44. The second-order valence-corrected chi connectivity index (χ2v) is 9.80. The summed E-state index contributed by atoms with van der Waals surface area (Å²) in [4.78, 5) is 17.5. The lowest BCUT2D eigenvalue weighted by molar-refractivity contribution is -0.117. The molecule has 0 bridgehead atoms. The zero-order valence-electron chi connectivity index (χ0n) is 20.8. The number of hydrogen-bond acceptors (Lipinski definition) is 6. The average molecular weight is 497 g/mol. The summed E-state index contributed by atoms with van der Waals surface area (Å²) in [6, 6.07) is 23.8. The van der Waals surface area contributed by atoms with Crippen LogP contribution in [0.2, 0.25) is 0 Å². The number of carbonyl (C=O) groups is 1. The van der Waals surface area contributed by atoms with E-state index >= 15 is 0 Å². The van der Waals surface area contributed by atoms with E-state index in [0.717, 1.165) is 23.4 Å². The SMILES string of the molecule is CC(C)COc1nc(-c2ccc3c(c2)OCO3)n(-c2ccc(NC(=O)[C@H]3C[C@H]3c3ccccc3)cc2)n1. The van der Waals surface area contributed by atoms with Crippen LogP contribution < -0.4 is 19.5 Å². The summed E-state index contributed by atoms with van der Waals surface area (Å²) in [6.07, 6.45) is 0.880. The van der Waals surface area contributed by atoms with Gasteiger partial charge in [0, 0.05) is 17.2 Å². The lowest BCUT2D eigenvalue weighted by atomic mass is 10.1. The summed E-state index contributed by atoms with van der Waals surface area (Å²) in [7, 11) is 0. The molecule has 2 heterocycles. The molecule has 1 aliphatic carbocycles. The fourth-order valence-corrected chi connectivity index (χ4v) is 4.47. The molecule has 1 saturated carbocycles. The van der Waals surface area contributed by atoms with E-state index in [0.29, 0.717) is 41.8 Å². The highest BCUT2D eigenvalue weighted by Gasteiger charge is 2.43. The number of ether oxygens (including phenoxy) is 3. The first-order valence-corrected chi connectivity index (χ1v) is 12.5. The number of anilines is 1. The second-order valence-electron chi connectivity index (χ2n) is 9.80. The zero-order valence-corrected chi connectivity index (χ0v) is 20.8. The number of carbonyl (C=O) groups excluding carboxylic acids is 1. The van der Waals surface area contributed by atoms with Crippen molar-refractivity contribution in [1.82, 2.24) is 14.8 Å². The van der Waals surface area contributed by atoms with Crippen LogP contribution in [-0.2, 0) is 4.79 Å². The lowest BCUT2D eigenvalue weighted by Crippen LogP contribution is -2.14. The molecule has 1 aromatic heterocycles. The molecule has 2 aliphatic rings. The quantitative estimate of drug-likeness (QED) is 0.350. The van der Waals surface area contributed by atoms with Crippen molar-refractivity contribution in [2.24, 2.45) is 11.8 Å². The van der Waals surface area contributed by atoms with Crippen molar-refractivity contribution in [2.45, 2.75) is 26.2 Å². The summed E-state index contributed by atoms with van der Waals surface area (Å²) in [5.74, 6) is 2.70. The highest BCUT2D eigenvalue weighted by atomic mass is 16.7. The first-order valence-electron chi connectivity index (χ1n) is 12.5. The molecule has 4 aromatic rings. The Bertz CT molecular complexity index is 1420. The number of nitrogens with one attached hydrogen (secondary N) is 1. The first kappa shape index (κ1) is 23.1. The molecule has 3 aromatic carbocycles. The third kappa shape index (κ3) is 4.87. The number of hydrogen-bond donors (Lipinski definition) is 1. The van der Waals surface area contributed by atoms with Gasteiger partial charge in [-0.3, -0.25) is 4.79 Å². The Morgan fingerprint density at radius 3 is 2.62 bits per heavy atom. The number of nitrogens with zero attached hydrogens (tertiary/aromatic N) is 3. The second kappa shape index (κ2) is 9.61. The number of aromatic nitrogens is 3. The molecule has 1 fully saturated rings. The van der Waals surface area contributed by atoms with Gasteiger partial charge >= 0.3 is 6.01 Å². The van der Waals surface area contributed by atoms with E-state index in [1.807, 2.05) is 60.7 Å². The molecule has 8 heteroatoms. The highest BCUT2D eigenvalue weighted by molar-refractivity contribution is 5.95. The van der Waals surface area contributed by atoms with Crippen LogP contribution in [0.25, 0.3) is 17.1 Å². The van der Waals surface area contributed by atoms with Crippen molar-refractivity contribution in [2.75, 3.05) is 18.7 Å². The van der Waals surface area contributed by atoms with E-state index in [-0.39, 0.29) is 18.6 Å². The van der Waals surface area contributed by atoms with Gasteiger partial charge in [0.2, 0.25) is 12.7 Å². The van der Waals surface area contributed by atoms with Gasteiger partial charge in [-0.15, -0.1) is 5.10 Å². The van der Waals surface area contributed by atoms with Gasteiger partial charge in [0.05, 0.1) is 12.3 Å². The molecule has 2 atom stereocenters. The molecule has 1 aliphatic heterocycles. The summed E-state index contributed by atoms with van der Waals surface area (Å²) in [5.41, 5.74) is 3.59. The third-order valence-corrected chi connectivity index (χ3v) is 6.50. The van der Waals surface area contributed by atoms with E-state index in [1.54, 1.807) is 4.68 Å². The lowest BCUT2D eigenvalue weighted by Gasteiger charge is -2.09. The maximum Gasteiger partial charge on any atom is 0.336 e. The van der Waals surface area contributed by atoms with Gasteiger partial charge in [0.25, 0.3) is 0 Å². The van der Waals surface area contributed by atoms with Crippen molar-refractivity contribution in [3.05, 3.63) is 78.4 Å². The molecule has 6 rings (SSSR count). The van der Waals surface area contributed by atoms with Gasteiger partial charge in [0.1, 0.15) is 0 Å². The van der Waals surface area contributed by atoms with Crippen LogP contribution in [0.4, 0.5) is 5.69 Å². The zero-order chi connectivity index (χ0) is 25.4. The van der Waals surface area contributed by atoms with E-state index in [9.17, 15) is 4.79 Å². The minimum atomic E-state index is 0.00988. The Balaban J connectivity index is 1.22. The number of benzene rings is 3. The molecular weight excluding hydrogens is 468 g/mol. The normalized spacial score (nSPS) is 17.6. The Kier molecular flexibility index (Phi) is 6.00. The van der Waals surface area contributed by atoms with E-state index in [1.165, 1.54) is 5.56 Å². The smallest absolute Gasteiger partial charge is 0.336 e. The molecule has 1 amide bonds. The van der Waals surface area contributed by atoms with Crippen LogP contribution in [-0.4, -0.2) is 34.1 Å². The van der Waals surface area contributed by atoms with E-state index < -0.39 is 0 Å². The van der Waals surface area contributed by atoms with Gasteiger partial charge in [0.15, 0.2) is 17.3 Å². The van der Waals surface area contributed by atoms with Gasteiger partial charge in [-0.05, 0) is 66.3 Å². The highest BCUT2D eigenvalue weighted by Crippen LogP contribution is 2.48. The van der Waals surface area contributed by atoms with Gasteiger partial charge in [-0.1, -0.05) is 44.2 Å². The van der Waals surface area contributed by atoms with E-state index in [4.69, 9.17) is 14.2 Å². The van der Waals surface area contributed by atoms with Gasteiger partial charge in [-0.25, -0.2) is 4.68 Å². The molecule has 8 nitrogen and oxygen atoms in total. The van der Waals surface area contributed by atoms with Crippen LogP contribution in [0.5, 0.6) is 17.5 Å². The molecule has 0 radical (unpaired) electrons. The molecule has 1 N–H and O–H groups in total. The maximum absolute atomic E-state index is 12.8. The van der Waals surface area contributed by atoms with Gasteiger partial charge < -0.3 is 19.5 Å². The summed E-state index contributed by atoms with van der Waals surface area (Å²) in [6.45, 7) is 4.87. The maximum atomic E-state index is 12.8. The van der Waals surface area contributed by atoms with Crippen molar-refractivity contribution in [3.63, 3.8) is 0 Å². The molecule has 37 heavy (non-hydrogen) atoms. The first-order chi connectivity index (χ1) is 18.0. The summed E-state index contributed by atoms with van der Waals surface area (Å²) < 4.78 is 18.6. The van der Waals surface area contributed by atoms with Gasteiger partial charge in [-0.2, -0.15) is 4.98 Å². The largest absolute Gasteiger partial charge is 0.462 e. The van der Waals surface area contributed by atoms with Crippen molar-refractivity contribution >= 4 is 11.6 Å². The number of rotatable bonds is 8. The minimum absolute atomic E-state index is 0.00988. The molecule has 0 unspecified atom stereocenters. The third-order valence-electron chi connectivity index (χ3n) is 6.50. The Hall–Kier alpha value is -4.33. The predicted molar refractivity (Wildman–Crippen MR) is 139 cm³/mol. The standard InChI is InChI=1S/C29H28N4O4/c1-18(2)16-35-29-31-27(20-8-13-25-26(14-20)37-17-36-25)33(32-29)22-11-9-21(10-12-22)30-28(34)24-15-23(24)19-6-4-3-5-7-19/h3-14,18,23-24H,15-17H2,1-2H3,(H,30,34)/t23-,24-/m0/s1. The Labute approximate surface area is 215 Å². The van der Waals surface area contributed by atoms with Crippen LogP contribution >= 0.6 is 0 Å². The van der Waals surface area contributed by atoms with Crippen molar-refractivity contribution in [3.8, 4) is 34.6 Å². The fraction of sp³-hybridized carbons (Fsp3) is 0.276. The fourth-order valence-electron chi connectivity index (χ4n) is 4.47. The summed E-state index contributed by atoms with van der Waals surface area (Å²) >= 11 is 0. The molecule has 0 spiro atoms. The van der Waals surface area contributed by atoms with Crippen molar-refractivity contribution in [1.29, 1.82) is 0 Å². The average Bonchev–Trinajstić information content (AvgIpc) is 3.39. The van der Waals surface area contributed by atoms with Crippen LogP contribution in [0.3, 0.4) is 0 Å². The van der Waals surface area contributed by atoms with Crippen LogP contribution in [0.15, 0.2) is 72.8 Å². The van der Waals surface area contributed by atoms with Crippen molar-refractivity contribution < 1.29 is 19.0 Å². The molecule has 188 valence electrons. The molecular formula is C29H28N4O4. The number of fused-ring (bicyclic) bond motifs is 1. The monoisotopic (exact) mass is 496 g/mol. The minimum Gasteiger partial charge on any atom is -0.462 e. The number of amides is 1. The van der Waals surface area contributed by atoms with E-state index in [2.05, 4.69) is 41.4 Å².